The third kappa shape index (κ3) is 2.33. The van der Waals surface area contributed by atoms with Crippen LogP contribution in [0.3, 0.4) is 0 Å². The topological polar surface area (TPSA) is 23.8 Å². The third-order valence-electron chi connectivity index (χ3n) is 1.50. The zero-order valence-electron chi connectivity index (χ0n) is 6.56. The van der Waals surface area contributed by atoms with E-state index in [0.29, 0.717) is 3.57 Å². The Morgan fingerprint density at radius 1 is 1.36 bits per heavy atom. The molecule has 1 aromatic rings. The monoisotopic (exact) mass is 329 g/mol. The van der Waals surface area contributed by atoms with Crippen molar-refractivity contribution in [3.8, 4) is 6.07 Å². The number of rotatable bonds is 0. The van der Waals surface area contributed by atoms with Gasteiger partial charge in [0.15, 0.2) is 0 Å². The van der Waals surface area contributed by atoms with Gasteiger partial charge in [-0.2, -0.15) is 18.4 Å². The molecule has 6 heteroatoms. The molecule has 0 aliphatic carbocycles. The largest absolute Gasteiger partial charge is 0.417 e. The summed E-state index contributed by atoms with van der Waals surface area (Å²) in [6, 6.07) is 3.82. The molecule has 0 amide bonds. The van der Waals surface area contributed by atoms with Crippen molar-refractivity contribution in [1.82, 2.24) is 0 Å². The number of alkyl halides is 3. The molecule has 0 saturated heterocycles. The van der Waals surface area contributed by atoms with E-state index in [1.165, 1.54) is 6.07 Å². The molecule has 1 aromatic carbocycles. The van der Waals surface area contributed by atoms with Crippen LogP contribution in [0.2, 0.25) is 0 Å². The van der Waals surface area contributed by atoms with Crippen LogP contribution in [0.5, 0.6) is 0 Å². The Labute approximate surface area is 97.5 Å². The first-order chi connectivity index (χ1) is 6.36. The molecule has 14 heavy (non-hydrogen) atoms. The number of hydrogen-bond donors (Lipinski definition) is 1. The lowest BCUT2D eigenvalue weighted by Crippen LogP contribution is -2.07. The van der Waals surface area contributed by atoms with Crippen molar-refractivity contribution in [2.75, 3.05) is 0 Å². The van der Waals surface area contributed by atoms with Crippen molar-refractivity contribution in [1.29, 1.82) is 5.26 Å². The van der Waals surface area contributed by atoms with E-state index in [2.05, 4.69) is 12.6 Å². The molecule has 0 aromatic heterocycles. The van der Waals surface area contributed by atoms with Crippen LogP contribution in [0.4, 0.5) is 13.2 Å². The van der Waals surface area contributed by atoms with Crippen molar-refractivity contribution < 1.29 is 13.2 Å². The maximum atomic E-state index is 12.4. The Hall–Kier alpha value is -0.420. The lowest BCUT2D eigenvalue weighted by molar-refractivity contribution is -0.139. The fraction of sp³-hybridized carbons (Fsp3) is 0.125. The number of nitriles is 1. The summed E-state index contributed by atoms with van der Waals surface area (Å²) < 4.78 is 37.5. The first kappa shape index (κ1) is 11.7. The van der Waals surface area contributed by atoms with Crippen LogP contribution in [-0.2, 0) is 6.18 Å². The van der Waals surface area contributed by atoms with Gasteiger partial charge in [0.2, 0.25) is 0 Å². The molecule has 0 saturated carbocycles. The van der Waals surface area contributed by atoms with E-state index < -0.39 is 11.7 Å². The third-order valence-corrected chi connectivity index (χ3v) is 3.26. The molecular weight excluding hydrogens is 326 g/mol. The van der Waals surface area contributed by atoms with Gasteiger partial charge < -0.3 is 0 Å². The quantitative estimate of drug-likeness (QED) is 0.572. The van der Waals surface area contributed by atoms with Crippen molar-refractivity contribution in [3.05, 3.63) is 26.8 Å². The Balaban J connectivity index is 3.44. The maximum Gasteiger partial charge on any atom is 0.417 e. The van der Waals surface area contributed by atoms with Crippen LogP contribution >= 0.6 is 35.2 Å². The van der Waals surface area contributed by atoms with Gasteiger partial charge in [0.25, 0.3) is 0 Å². The normalized spacial score (nSPS) is 11.1. The highest BCUT2D eigenvalue weighted by Gasteiger charge is 2.33. The minimum atomic E-state index is -4.47. The summed E-state index contributed by atoms with van der Waals surface area (Å²) in [5, 5.41) is 8.50. The van der Waals surface area contributed by atoms with Crippen LogP contribution in [-0.4, -0.2) is 0 Å². The molecule has 0 radical (unpaired) electrons. The maximum absolute atomic E-state index is 12.4. The molecule has 0 aliphatic heterocycles. The highest BCUT2D eigenvalue weighted by molar-refractivity contribution is 14.1. The van der Waals surface area contributed by atoms with Crippen molar-refractivity contribution in [2.45, 2.75) is 11.1 Å². The van der Waals surface area contributed by atoms with Crippen LogP contribution in [0.25, 0.3) is 0 Å². The Morgan fingerprint density at radius 2 is 1.93 bits per heavy atom. The summed E-state index contributed by atoms with van der Waals surface area (Å²) in [5.41, 5.74) is -0.885. The Bertz CT molecular complexity index is 408. The van der Waals surface area contributed by atoms with E-state index in [1.54, 1.807) is 28.7 Å². The van der Waals surface area contributed by atoms with Gasteiger partial charge in [-0.05, 0) is 34.7 Å². The second-order valence-corrected chi connectivity index (χ2v) is 4.07. The Morgan fingerprint density at radius 3 is 2.36 bits per heavy atom. The Kier molecular flexibility index (Phi) is 3.32. The minimum absolute atomic E-state index is 0.0143. The molecule has 0 spiro atoms. The number of benzene rings is 1. The summed E-state index contributed by atoms with van der Waals surface area (Å²) >= 11 is 5.47. The number of hydrogen-bond acceptors (Lipinski definition) is 2. The number of thiol groups is 1. The fourth-order valence-corrected chi connectivity index (χ4v) is 1.76. The highest BCUT2D eigenvalue weighted by Crippen LogP contribution is 2.36. The molecule has 0 aliphatic rings. The smallest absolute Gasteiger partial charge is 0.192 e. The summed E-state index contributed by atoms with van der Waals surface area (Å²) in [5.74, 6) is 0. The minimum Gasteiger partial charge on any atom is -0.192 e. The molecule has 74 valence electrons. The number of halogens is 4. The SMILES string of the molecule is N#Cc1cc(I)c(S)c(C(F)(F)F)c1. The van der Waals surface area contributed by atoms with Gasteiger partial charge in [-0.1, -0.05) is 0 Å². The lowest BCUT2D eigenvalue weighted by atomic mass is 10.1. The second-order valence-electron chi connectivity index (χ2n) is 2.46. The summed E-state index contributed by atoms with van der Waals surface area (Å²) in [6.07, 6.45) is -4.47. The van der Waals surface area contributed by atoms with E-state index in [4.69, 9.17) is 5.26 Å². The molecule has 0 heterocycles. The van der Waals surface area contributed by atoms with E-state index in [0.717, 1.165) is 6.07 Å². The molecule has 0 fully saturated rings. The van der Waals surface area contributed by atoms with E-state index in [9.17, 15) is 13.2 Å². The van der Waals surface area contributed by atoms with Crippen LogP contribution in [0.15, 0.2) is 17.0 Å². The molecule has 0 atom stereocenters. The van der Waals surface area contributed by atoms with Gasteiger partial charge >= 0.3 is 6.18 Å². The predicted molar refractivity (Wildman–Crippen MR) is 56.1 cm³/mol. The molecule has 0 unspecified atom stereocenters. The van der Waals surface area contributed by atoms with E-state index in [-0.39, 0.29) is 10.5 Å². The summed E-state index contributed by atoms with van der Waals surface area (Å²) in [6.45, 7) is 0. The molecule has 0 bridgehead atoms. The van der Waals surface area contributed by atoms with Gasteiger partial charge in [0.1, 0.15) is 0 Å². The average molecular weight is 329 g/mol. The van der Waals surface area contributed by atoms with Crippen molar-refractivity contribution >= 4 is 35.2 Å². The van der Waals surface area contributed by atoms with Crippen LogP contribution < -0.4 is 0 Å². The van der Waals surface area contributed by atoms with Crippen LogP contribution in [0, 0.1) is 14.9 Å². The summed E-state index contributed by atoms with van der Waals surface area (Å²) in [4.78, 5) is -0.142. The highest BCUT2D eigenvalue weighted by atomic mass is 127. The van der Waals surface area contributed by atoms with Crippen molar-refractivity contribution in [2.24, 2.45) is 0 Å². The number of nitrogens with zero attached hydrogens (tertiary/aromatic N) is 1. The lowest BCUT2D eigenvalue weighted by Gasteiger charge is -2.10. The van der Waals surface area contributed by atoms with E-state index in [1.807, 2.05) is 0 Å². The zero-order chi connectivity index (χ0) is 10.9. The fourth-order valence-electron chi connectivity index (χ4n) is 0.880. The van der Waals surface area contributed by atoms with Gasteiger partial charge in [-0.25, -0.2) is 0 Å². The summed E-state index contributed by atoms with van der Waals surface area (Å²) in [7, 11) is 0. The van der Waals surface area contributed by atoms with Gasteiger partial charge in [-0.3, -0.25) is 0 Å². The van der Waals surface area contributed by atoms with Crippen LogP contribution in [0.1, 0.15) is 11.1 Å². The molecular formula is C8H3F3INS. The van der Waals surface area contributed by atoms with Gasteiger partial charge in [-0.15, -0.1) is 12.6 Å². The average Bonchev–Trinajstić information content (AvgIpc) is 2.07. The zero-order valence-corrected chi connectivity index (χ0v) is 9.61. The molecule has 1 rings (SSSR count). The first-order valence-electron chi connectivity index (χ1n) is 3.36. The first-order valence-corrected chi connectivity index (χ1v) is 4.88. The van der Waals surface area contributed by atoms with Gasteiger partial charge in [0, 0.05) is 8.47 Å². The van der Waals surface area contributed by atoms with E-state index >= 15 is 0 Å². The predicted octanol–water partition coefficient (Wildman–Crippen LogP) is 3.47. The second kappa shape index (κ2) is 3.98. The molecule has 1 nitrogen and oxygen atoms in total. The van der Waals surface area contributed by atoms with Crippen molar-refractivity contribution in [3.63, 3.8) is 0 Å². The standard InChI is InChI=1S/C8H3F3INS/c9-8(10,11)5-1-4(3-13)2-6(12)7(5)14/h1-2,14H. The molecule has 0 N–H and O–H groups in total. The van der Waals surface area contributed by atoms with Gasteiger partial charge in [0.05, 0.1) is 17.2 Å².